The van der Waals surface area contributed by atoms with Crippen LogP contribution in [-0.4, -0.2) is 94.1 Å². The maximum absolute atomic E-state index is 15.5. The zero-order chi connectivity index (χ0) is 44.1. The summed E-state index contributed by atoms with van der Waals surface area (Å²) >= 11 is 0. The van der Waals surface area contributed by atoms with Crippen molar-refractivity contribution >= 4 is 35.6 Å². The third kappa shape index (κ3) is 7.44. The SMILES string of the molecule is CC(=O)O[C@H]1C(=O)[C@@]2(C)C([C@H](OC(=O)c3ccccc3)[C@]3(O)C[C@H](OC(=O)C[C@@H](NC(=O)c4ccccc4)c4ccccc4)C(C)=C1C3(C)C)[C@]1(OC(C)=O)COC1C[C@@H]2O. The van der Waals surface area contributed by atoms with Crippen LogP contribution in [0.25, 0.3) is 0 Å². The van der Waals surface area contributed by atoms with Crippen LogP contribution in [0.1, 0.15) is 93.1 Å². The summed E-state index contributed by atoms with van der Waals surface area (Å²) in [5.41, 5.74) is -6.17. The second-order valence-corrected chi connectivity index (χ2v) is 17.2. The Kier molecular flexibility index (Phi) is 11.6. The van der Waals surface area contributed by atoms with E-state index in [9.17, 15) is 34.2 Å². The van der Waals surface area contributed by atoms with Gasteiger partial charge in [-0.05, 0) is 54.8 Å². The molecule has 3 aliphatic carbocycles. The van der Waals surface area contributed by atoms with Crippen LogP contribution in [-0.2, 0) is 42.9 Å². The third-order valence-corrected chi connectivity index (χ3v) is 13.4. The number of carbonyl (C=O) groups is 6. The number of ketones is 1. The topological polar surface area (TPSA) is 201 Å². The van der Waals surface area contributed by atoms with Gasteiger partial charge in [0.1, 0.15) is 23.9 Å². The van der Waals surface area contributed by atoms with E-state index in [4.69, 9.17) is 23.7 Å². The summed E-state index contributed by atoms with van der Waals surface area (Å²) in [7, 11) is 0. The molecule has 3 fully saturated rings. The Morgan fingerprint density at radius 1 is 0.836 bits per heavy atom. The molecule has 3 aromatic rings. The van der Waals surface area contributed by atoms with Crippen molar-refractivity contribution in [3.8, 4) is 0 Å². The van der Waals surface area contributed by atoms with Crippen LogP contribution < -0.4 is 5.32 Å². The van der Waals surface area contributed by atoms with Gasteiger partial charge in [-0.3, -0.25) is 24.0 Å². The highest BCUT2D eigenvalue weighted by molar-refractivity contribution is 5.96. The fraction of sp³-hybridized carbons (Fsp3) is 0.447. The first-order valence-corrected chi connectivity index (χ1v) is 20.4. The van der Waals surface area contributed by atoms with Gasteiger partial charge in [-0.15, -0.1) is 0 Å². The van der Waals surface area contributed by atoms with Gasteiger partial charge in [0, 0.05) is 37.7 Å². The molecule has 3 N–H and O–H groups in total. The monoisotopic (exact) mass is 837 g/mol. The fourth-order valence-electron chi connectivity index (χ4n) is 10.2. The molecule has 10 atom stereocenters. The minimum Gasteiger partial charge on any atom is -0.458 e. The molecule has 322 valence electrons. The molecule has 1 amide bonds. The highest BCUT2D eigenvalue weighted by atomic mass is 16.6. The number of aliphatic hydroxyl groups excluding tert-OH is 1. The number of amides is 1. The Hall–Kier alpha value is -5.70. The summed E-state index contributed by atoms with van der Waals surface area (Å²) in [6.07, 6.45) is -8.30. The number of benzene rings is 3. The molecule has 0 spiro atoms. The van der Waals surface area contributed by atoms with Gasteiger partial charge in [0.25, 0.3) is 5.91 Å². The Morgan fingerprint density at radius 2 is 1.43 bits per heavy atom. The van der Waals surface area contributed by atoms with Crippen molar-refractivity contribution in [2.45, 2.75) is 109 Å². The van der Waals surface area contributed by atoms with Crippen molar-refractivity contribution < 1.29 is 62.7 Å². The molecule has 2 unspecified atom stereocenters. The van der Waals surface area contributed by atoms with Gasteiger partial charge >= 0.3 is 23.9 Å². The van der Waals surface area contributed by atoms with E-state index in [1.165, 1.54) is 26.0 Å². The number of ether oxygens (including phenoxy) is 5. The smallest absolute Gasteiger partial charge is 0.338 e. The molecule has 1 heterocycles. The summed E-state index contributed by atoms with van der Waals surface area (Å²) in [6.45, 7) is 8.27. The standard InChI is InChI=1S/C47H51NO13/c1-26-33(59-36(52)22-32(29-16-10-7-11-17-29)48-42(54)30-18-12-8-13-19-30)24-47(56)41(60-43(55)31-20-14-9-15-21-31)39-45(6,34(51)23-35-46(39,25-57-35)61-28(3)50)40(53)38(58-27(2)49)37(26)44(47,4)5/h7-21,32-35,38-39,41,51,56H,22-25H2,1-6H3,(H,48,54)/t32-,33+,34+,35?,38-,39?,41+,45-,46+,47-/m1/s1. The summed E-state index contributed by atoms with van der Waals surface area (Å²) in [4.78, 5) is 83.3. The summed E-state index contributed by atoms with van der Waals surface area (Å²) in [5.74, 6) is -6.02. The van der Waals surface area contributed by atoms with Crippen LogP contribution in [0.15, 0.2) is 102 Å². The number of Topliss-reactive ketones (excluding diaryl/α,β-unsaturated/α-hetero) is 1. The van der Waals surface area contributed by atoms with Crippen molar-refractivity contribution in [1.29, 1.82) is 0 Å². The van der Waals surface area contributed by atoms with Crippen molar-refractivity contribution in [2.75, 3.05) is 6.61 Å². The van der Waals surface area contributed by atoms with Gasteiger partial charge in [-0.1, -0.05) is 80.6 Å². The predicted molar refractivity (Wildman–Crippen MR) is 216 cm³/mol. The number of carbonyl (C=O) groups excluding carboxylic acids is 6. The quantitative estimate of drug-likeness (QED) is 0.144. The molecule has 61 heavy (non-hydrogen) atoms. The number of hydrogen-bond donors (Lipinski definition) is 3. The molecule has 1 aliphatic heterocycles. The number of fused-ring (bicyclic) bond motifs is 5. The Bertz CT molecular complexity index is 2240. The molecule has 2 saturated carbocycles. The number of rotatable bonds is 10. The molecule has 4 aliphatic rings. The van der Waals surface area contributed by atoms with Gasteiger partial charge < -0.3 is 39.2 Å². The molecule has 0 aromatic heterocycles. The first-order chi connectivity index (χ1) is 28.8. The summed E-state index contributed by atoms with van der Waals surface area (Å²) < 4.78 is 30.5. The van der Waals surface area contributed by atoms with E-state index in [-0.39, 0.29) is 36.2 Å². The second-order valence-electron chi connectivity index (χ2n) is 17.2. The molecule has 2 bridgehead atoms. The fourth-order valence-corrected chi connectivity index (χ4v) is 10.2. The van der Waals surface area contributed by atoms with Gasteiger partial charge in [0.2, 0.25) is 0 Å². The lowest BCUT2D eigenvalue weighted by atomic mass is 9.44. The van der Waals surface area contributed by atoms with Crippen LogP contribution >= 0.6 is 0 Å². The van der Waals surface area contributed by atoms with E-state index >= 15 is 4.79 Å². The zero-order valence-corrected chi connectivity index (χ0v) is 34.9. The average molecular weight is 838 g/mol. The average Bonchev–Trinajstić information content (AvgIpc) is 3.22. The molecule has 7 rings (SSSR count). The van der Waals surface area contributed by atoms with Crippen LogP contribution in [0.3, 0.4) is 0 Å². The lowest BCUT2D eigenvalue weighted by molar-refractivity contribution is -0.346. The third-order valence-electron chi connectivity index (χ3n) is 13.4. The van der Waals surface area contributed by atoms with Crippen LogP contribution in [0.2, 0.25) is 0 Å². The number of esters is 4. The Balaban J connectivity index is 1.37. The van der Waals surface area contributed by atoms with E-state index in [2.05, 4.69) is 5.32 Å². The van der Waals surface area contributed by atoms with Crippen molar-refractivity contribution in [2.24, 2.45) is 16.7 Å². The minimum atomic E-state index is -2.30. The highest BCUT2D eigenvalue weighted by Gasteiger charge is 2.78. The predicted octanol–water partition coefficient (Wildman–Crippen LogP) is 4.76. The van der Waals surface area contributed by atoms with E-state index in [0.717, 1.165) is 6.92 Å². The van der Waals surface area contributed by atoms with Crippen molar-refractivity contribution in [1.82, 2.24) is 5.32 Å². The highest BCUT2D eigenvalue weighted by Crippen LogP contribution is 2.64. The van der Waals surface area contributed by atoms with Crippen LogP contribution in [0.5, 0.6) is 0 Å². The van der Waals surface area contributed by atoms with E-state index in [1.54, 1.807) is 99.6 Å². The van der Waals surface area contributed by atoms with Crippen molar-refractivity contribution in [3.63, 3.8) is 0 Å². The maximum atomic E-state index is 15.5. The van der Waals surface area contributed by atoms with E-state index < -0.39 is 107 Å². The Morgan fingerprint density at radius 3 is 1.98 bits per heavy atom. The normalized spacial score (nSPS) is 31.6. The largest absolute Gasteiger partial charge is 0.458 e. The van der Waals surface area contributed by atoms with Gasteiger partial charge in [0.05, 0.1) is 42.1 Å². The number of aliphatic hydroxyl groups is 2. The van der Waals surface area contributed by atoms with Crippen LogP contribution in [0.4, 0.5) is 0 Å². The second kappa shape index (κ2) is 16.3. The van der Waals surface area contributed by atoms with Gasteiger partial charge in [-0.2, -0.15) is 0 Å². The molecule has 0 radical (unpaired) electrons. The first kappa shape index (κ1) is 43.4. The number of nitrogens with one attached hydrogen (secondary N) is 1. The molecular weight excluding hydrogens is 787 g/mol. The summed E-state index contributed by atoms with van der Waals surface area (Å²) in [6, 6.07) is 24.4. The lowest BCUT2D eigenvalue weighted by Gasteiger charge is -2.67. The Labute approximate surface area is 353 Å². The van der Waals surface area contributed by atoms with E-state index in [1.807, 2.05) is 0 Å². The van der Waals surface area contributed by atoms with Gasteiger partial charge in [-0.25, -0.2) is 4.79 Å². The van der Waals surface area contributed by atoms with Gasteiger partial charge in [0.15, 0.2) is 17.5 Å². The summed E-state index contributed by atoms with van der Waals surface area (Å²) in [5, 5.41) is 28.6. The van der Waals surface area contributed by atoms with Crippen LogP contribution in [0, 0.1) is 16.7 Å². The minimum absolute atomic E-state index is 0.0809. The molecule has 3 aromatic carbocycles. The molecular formula is C47H51NO13. The molecule has 14 heteroatoms. The zero-order valence-electron chi connectivity index (χ0n) is 34.9. The first-order valence-electron chi connectivity index (χ1n) is 20.4. The number of hydrogen-bond acceptors (Lipinski definition) is 13. The van der Waals surface area contributed by atoms with Crippen molar-refractivity contribution in [3.05, 3.63) is 119 Å². The molecule has 14 nitrogen and oxygen atoms in total. The maximum Gasteiger partial charge on any atom is 0.338 e. The molecule has 1 saturated heterocycles. The lowest BCUT2D eigenvalue weighted by Crippen LogP contribution is -2.82. The van der Waals surface area contributed by atoms with E-state index in [0.29, 0.717) is 11.1 Å².